The van der Waals surface area contributed by atoms with Crippen molar-refractivity contribution >= 4 is 22.1 Å². The van der Waals surface area contributed by atoms with Crippen LogP contribution in [0.2, 0.25) is 0 Å². The molecule has 0 bridgehead atoms. The minimum Gasteiger partial charge on any atom is -0.489 e. The largest absolute Gasteiger partial charge is 0.489 e. The van der Waals surface area contributed by atoms with Crippen LogP contribution in [0.5, 0.6) is 11.6 Å². The Kier molecular flexibility index (Phi) is 5.08. The summed E-state index contributed by atoms with van der Waals surface area (Å²) in [5.41, 5.74) is 0.628. The summed E-state index contributed by atoms with van der Waals surface area (Å²) in [6.45, 7) is 0. The first-order chi connectivity index (χ1) is 13.0. The number of aldehydes is 1. The average molecular weight is 389 g/mol. The summed E-state index contributed by atoms with van der Waals surface area (Å²) >= 11 is 0. The lowest BCUT2D eigenvalue weighted by atomic mass is 10.2. The lowest BCUT2D eigenvalue weighted by Gasteiger charge is -2.12. The van der Waals surface area contributed by atoms with Crippen LogP contribution in [0.25, 0.3) is 11.3 Å². The topological polar surface area (TPSA) is 121 Å². The fourth-order valence-corrected chi connectivity index (χ4v) is 3.33. The maximum Gasteiger partial charge on any atom is 0.263 e. The minimum absolute atomic E-state index is 0.00745. The first-order valence-electron chi connectivity index (χ1n) is 7.59. The highest BCUT2D eigenvalue weighted by molar-refractivity contribution is 7.92. The maximum absolute atomic E-state index is 12.6. The molecule has 2 heterocycles. The van der Waals surface area contributed by atoms with Gasteiger partial charge in [0, 0.05) is 5.56 Å². The fraction of sp³-hybridized carbons (Fsp3) is 0.118. The van der Waals surface area contributed by atoms with Crippen molar-refractivity contribution in [2.45, 2.75) is 4.90 Å². The van der Waals surface area contributed by atoms with Gasteiger partial charge >= 0.3 is 0 Å². The molecule has 3 aromatic rings. The van der Waals surface area contributed by atoms with Gasteiger partial charge in [0.05, 0.1) is 19.1 Å². The van der Waals surface area contributed by atoms with Gasteiger partial charge in [0.1, 0.15) is 12.1 Å². The Hall–Kier alpha value is -3.40. The van der Waals surface area contributed by atoms with Crippen molar-refractivity contribution in [1.82, 2.24) is 9.97 Å². The second-order valence-electron chi connectivity index (χ2n) is 5.21. The summed E-state index contributed by atoms with van der Waals surface area (Å²) in [4.78, 5) is 18.5. The Bertz CT molecular complexity index is 1060. The van der Waals surface area contributed by atoms with Crippen LogP contribution >= 0.6 is 0 Å². The Morgan fingerprint density at radius 2 is 1.78 bits per heavy atom. The molecule has 9 nitrogen and oxygen atoms in total. The van der Waals surface area contributed by atoms with Crippen molar-refractivity contribution in [2.75, 3.05) is 18.9 Å². The van der Waals surface area contributed by atoms with Crippen LogP contribution in [0.3, 0.4) is 0 Å². The number of carbonyl (C=O) groups excluding carboxylic acids is 1. The molecule has 3 rings (SSSR count). The van der Waals surface area contributed by atoms with Gasteiger partial charge in [0.15, 0.2) is 17.9 Å². The molecule has 0 radical (unpaired) electrons. The van der Waals surface area contributed by atoms with Gasteiger partial charge in [-0.2, -0.15) is 4.98 Å². The molecule has 0 saturated carbocycles. The standard InChI is InChI=1S/C17H15N3O6S/c1-24-15-16(18-10-19-17(15)25-2)20-27(22,23)13-6-3-11(4-7-13)14-8-5-12(9-21)26-14/h3-10H,1-2H3,(H,18,19,20). The van der Waals surface area contributed by atoms with Crippen molar-refractivity contribution in [3.05, 3.63) is 48.5 Å². The summed E-state index contributed by atoms with van der Waals surface area (Å²) in [6.07, 6.45) is 1.75. The molecular weight excluding hydrogens is 374 g/mol. The van der Waals surface area contributed by atoms with E-state index in [0.717, 1.165) is 6.33 Å². The van der Waals surface area contributed by atoms with Crippen LogP contribution < -0.4 is 14.2 Å². The van der Waals surface area contributed by atoms with Crippen LogP contribution in [-0.4, -0.2) is 38.9 Å². The number of nitrogens with one attached hydrogen (secondary N) is 1. The lowest BCUT2D eigenvalue weighted by Crippen LogP contribution is -2.15. The highest BCUT2D eigenvalue weighted by atomic mass is 32.2. The summed E-state index contributed by atoms with van der Waals surface area (Å²) in [5, 5.41) is 0. The maximum atomic E-state index is 12.6. The molecule has 0 saturated heterocycles. The molecule has 0 amide bonds. The summed E-state index contributed by atoms with van der Waals surface area (Å²) in [5.74, 6) is 0.765. The molecule has 0 aliphatic heterocycles. The predicted octanol–water partition coefficient (Wildman–Crippen LogP) is 2.37. The zero-order valence-corrected chi connectivity index (χ0v) is 15.2. The SMILES string of the molecule is COc1ncnc(NS(=O)(=O)c2ccc(-c3ccc(C=O)o3)cc2)c1OC. The van der Waals surface area contributed by atoms with E-state index in [2.05, 4.69) is 14.7 Å². The first-order valence-corrected chi connectivity index (χ1v) is 9.08. The summed E-state index contributed by atoms with van der Waals surface area (Å²) < 4.78 is 43.1. The first kappa shape index (κ1) is 18.4. The normalized spacial score (nSPS) is 11.0. The van der Waals surface area contributed by atoms with E-state index >= 15 is 0 Å². The van der Waals surface area contributed by atoms with Crippen molar-refractivity contribution in [1.29, 1.82) is 0 Å². The number of ether oxygens (including phenoxy) is 2. The second kappa shape index (κ2) is 7.46. The number of hydrogen-bond donors (Lipinski definition) is 1. The minimum atomic E-state index is -3.93. The molecular formula is C17H15N3O6S. The van der Waals surface area contributed by atoms with E-state index in [4.69, 9.17) is 13.9 Å². The Balaban J connectivity index is 1.88. The monoisotopic (exact) mass is 389 g/mol. The van der Waals surface area contributed by atoms with Crippen LogP contribution in [0.4, 0.5) is 5.82 Å². The lowest BCUT2D eigenvalue weighted by molar-refractivity contribution is 0.110. The molecule has 0 spiro atoms. The molecule has 2 aromatic heterocycles. The second-order valence-corrected chi connectivity index (χ2v) is 6.90. The van der Waals surface area contributed by atoms with Crippen molar-refractivity contribution in [2.24, 2.45) is 0 Å². The highest BCUT2D eigenvalue weighted by Crippen LogP contribution is 2.32. The Morgan fingerprint density at radius 1 is 1.04 bits per heavy atom. The summed E-state index contributed by atoms with van der Waals surface area (Å²) in [6, 6.07) is 9.11. The number of carbonyl (C=O) groups is 1. The van der Waals surface area contributed by atoms with E-state index in [-0.39, 0.29) is 28.1 Å². The summed E-state index contributed by atoms with van der Waals surface area (Å²) in [7, 11) is -1.20. The molecule has 140 valence electrons. The molecule has 0 aliphatic carbocycles. The van der Waals surface area contributed by atoms with E-state index < -0.39 is 10.0 Å². The smallest absolute Gasteiger partial charge is 0.263 e. The number of methoxy groups -OCH3 is 2. The van der Waals surface area contributed by atoms with Crippen LogP contribution in [-0.2, 0) is 10.0 Å². The van der Waals surface area contributed by atoms with E-state index in [1.807, 2.05) is 0 Å². The molecule has 0 atom stereocenters. The quantitative estimate of drug-likeness (QED) is 0.611. The van der Waals surface area contributed by atoms with E-state index in [1.54, 1.807) is 18.2 Å². The van der Waals surface area contributed by atoms with Gasteiger partial charge in [-0.15, -0.1) is 0 Å². The van der Waals surface area contributed by atoms with Crippen LogP contribution in [0, 0.1) is 0 Å². The number of anilines is 1. The van der Waals surface area contributed by atoms with Crippen molar-refractivity contribution in [3.63, 3.8) is 0 Å². The van der Waals surface area contributed by atoms with Crippen LogP contribution in [0.15, 0.2) is 52.0 Å². The number of furan rings is 1. The molecule has 10 heteroatoms. The molecule has 1 aromatic carbocycles. The number of sulfonamides is 1. The number of rotatable bonds is 7. The molecule has 1 N–H and O–H groups in total. The van der Waals surface area contributed by atoms with Gasteiger partial charge in [0.25, 0.3) is 15.9 Å². The average Bonchev–Trinajstić information content (AvgIpc) is 3.17. The van der Waals surface area contributed by atoms with Gasteiger partial charge in [-0.1, -0.05) is 0 Å². The molecule has 0 fully saturated rings. The number of nitrogens with zero attached hydrogens (tertiary/aromatic N) is 2. The van der Waals surface area contributed by atoms with Gasteiger partial charge in [-0.05, 0) is 36.4 Å². The van der Waals surface area contributed by atoms with Gasteiger partial charge in [-0.25, -0.2) is 13.4 Å². The van der Waals surface area contributed by atoms with Crippen molar-refractivity contribution < 1.29 is 27.1 Å². The number of aromatic nitrogens is 2. The number of benzene rings is 1. The molecule has 27 heavy (non-hydrogen) atoms. The zero-order valence-electron chi connectivity index (χ0n) is 14.4. The highest BCUT2D eigenvalue weighted by Gasteiger charge is 2.20. The van der Waals surface area contributed by atoms with Gasteiger partial charge in [-0.3, -0.25) is 9.52 Å². The van der Waals surface area contributed by atoms with E-state index in [9.17, 15) is 13.2 Å². The zero-order chi connectivity index (χ0) is 19.4. The third kappa shape index (κ3) is 3.75. The van der Waals surface area contributed by atoms with Gasteiger partial charge in [0.2, 0.25) is 5.75 Å². The molecule has 0 unspecified atom stereocenters. The third-order valence-electron chi connectivity index (χ3n) is 3.59. The molecule has 0 aliphatic rings. The third-order valence-corrected chi connectivity index (χ3v) is 4.95. The van der Waals surface area contributed by atoms with E-state index in [0.29, 0.717) is 17.6 Å². The van der Waals surface area contributed by atoms with Crippen molar-refractivity contribution in [3.8, 4) is 23.0 Å². The number of hydrogen-bond acceptors (Lipinski definition) is 8. The Morgan fingerprint density at radius 3 is 2.37 bits per heavy atom. The van der Waals surface area contributed by atoms with Gasteiger partial charge < -0.3 is 13.9 Å². The van der Waals surface area contributed by atoms with Crippen LogP contribution in [0.1, 0.15) is 10.6 Å². The predicted molar refractivity (Wildman–Crippen MR) is 95.5 cm³/mol. The van der Waals surface area contributed by atoms with E-state index in [1.165, 1.54) is 32.4 Å². The Labute approximate surface area is 155 Å². The fourth-order valence-electron chi connectivity index (χ4n) is 2.32.